The zero-order chi connectivity index (χ0) is 22.9. The summed E-state index contributed by atoms with van der Waals surface area (Å²) in [6.45, 7) is 12.8. The standard InChI is InChI=1S/C29H52NO2/c1-19(16-20(2)30(5)14-6-7-15-30)24-10-11-25-23-9-8-21-17-22(31)12-13-28(21,3)26(23)18-27(32)29(24,25)4/h19-27,31-32H,6-18H2,1-5H3/q+1/t19-,20?,21?,22-,23+,24-,25+,26+,27+,28+,29-/m1/s1. The summed E-state index contributed by atoms with van der Waals surface area (Å²) in [5, 5.41) is 22.1. The molecule has 1 heterocycles. The number of likely N-dealkylation sites (tertiary alicyclic amines) is 1. The molecule has 1 aliphatic heterocycles. The topological polar surface area (TPSA) is 40.5 Å². The van der Waals surface area contributed by atoms with Crippen molar-refractivity contribution in [1.29, 1.82) is 0 Å². The van der Waals surface area contributed by atoms with Gasteiger partial charge in [0.15, 0.2) is 0 Å². The third-order valence-corrected chi connectivity index (χ3v) is 12.9. The summed E-state index contributed by atoms with van der Waals surface area (Å²) in [5.74, 6) is 4.24. The molecule has 0 bridgehead atoms. The first-order chi connectivity index (χ1) is 15.1. The second-order valence-corrected chi connectivity index (χ2v) is 14.1. The Morgan fingerprint density at radius 2 is 1.62 bits per heavy atom. The highest BCUT2D eigenvalue weighted by atomic mass is 16.3. The molecular formula is C29H52NO2+. The van der Waals surface area contributed by atoms with Crippen LogP contribution in [-0.4, -0.2) is 53.1 Å². The van der Waals surface area contributed by atoms with E-state index < -0.39 is 0 Å². The van der Waals surface area contributed by atoms with Crippen LogP contribution in [0.3, 0.4) is 0 Å². The van der Waals surface area contributed by atoms with Crippen LogP contribution >= 0.6 is 0 Å². The van der Waals surface area contributed by atoms with Gasteiger partial charge in [-0.05, 0) is 105 Å². The van der Waals surface area contributed by atoms with Gasteiger partial charge in [0.25, 0.3) is 0 Å². The average molecular weight is 447 g/mol. The first-order valence-corrected chi connectivity index (χ1v) is 14.3. The van der Waals surface area contributed by atoms with Gasteiger partial charge in [-0.3, -0.25) is 0 Å². The Hall–Kier alpha value is -0.120. The molecule has 32 heavy (non-hydrogen) atoms. The minimum atomic E-state index is -0.141. The summed E-state index contributed by atoms with van der Waals surface area (Å²) >= 11 is 0. The largest absolute Gasteiger partial charge is 0.393 e. The van der Waals surface area contributed by atoms with Crippen LogP contribution in [0.25, 0.3) is 0 Å². The molecular weight excluding hydrogens is 394 g/mol. The molecule has 0 radical (unpaired) electrons. The van der Waals surface area contributed by atoms with E-state index >= 15 is 0 Å². The van der Waals surface area contributed by atoms with Crippen molar-refractivity contribution in [3.8, 4) is 0 Å². The first-order valence-electron chi connectivity index (χ1n) is 14.3. The van der Waals surface area contributed by atoms with E-state index in [1.54, 1.807) is 0 Å². The molecule has 0 aromatic carbocycles. The summed E-state index contributed by atoms with van der Waals surface area (Å²) in [6.07, 6.45) is 13.4. The lowest BCUT2D eigenvalue weighted by molar-refractivity contribution is -0.921. The molecule has 2 unspecified atom stereocenters. The maximum absolute atomic E-state index is 11.8. The fourth-order valence-electron chi connectivity index (χ4n) is 10.6. The lowest BCUT2D eigenvalue weighted by atomic mass is 9.43. The second kappa shape index (κ2) is 8.23. The van der Waals surface area contributed by atoms with Crippen LogP contribution in [0.15, 0.2) is 0 Å². The highest BCUT2D eigenvalue weighted by Crippen LogP contribution is 2.68. The summed E-state index contributed by atoms with van der Waals surface area (Å²) in [4.78, 5) is 0. The molecule has 5 rings (SSSR count). The molecule has 3 heteroatoms. The molecule has 4 aliphatic carbocycles. The molecule has 0 spiro atoms. The Labute approximate surface area is 197 Å². The molecule has 3 nitrogen and oxygen atoms in total. The molecule has 0 aromatic heterocycles. The fraction of sp³-hybridized carbons (Fsp3) is 1.00. The first kappa shape index (κ1) is 23.6. The van der Waals surface area contributed by atoms with Gasteiger partial charge in [0.1, 0.15) is 0 Å². The van der Waals surface area contributed by atoms with Gasteiger partial charge >= 0.3 is 0 Å². The quantitative estimate of drug-likeness (QED) is 0.549. The summed E-state index contributed by atoms with van der Waals surface area (Å²) in [7, 11) is 2.49. The second-order valence-electron chi connectivity index (χ2n) is 14.1. The number of quaternary nitrogens is 1. The maximum atomic E-state index is 11.8. The van der Waals surface area contributed by atoms with E-state index in [1.807, 2.05) is 0 Å². The minimum absolute atomic E-state index is 0.0813. The Morgan fingerprint density at radius 3 is 2.34 bits per heavy atom. The van der Waals surface area contributed by atoms with Crippen molar-refractivity contribution in [2.45, 2.75) is 117 Å². The highest BCUT2D eigenvalue weighted by Gasteiger charge is 2.63. The Morgan fingerprint density at radius 1 is 0.906 bits per heavy atom. The van der Waals surface area contributed by atoms with Crippen LogP contribution in [0.1, 0.15) is 98.3 Å². The number of fused-ring (bicyclic) bond motifs is 5. The van der Waals surface area contributed by atoms with Gasteiger partial charge in [0.05, 0.1) is 38.4 Å². The molecule has 1 saturated heterocycles. The predicted octanol–water partition coefficient (Wildman–Crippen LogP) is 5.63. The van der Waals surface area contributed by atoms with E-state index in [4.69, 9.17) is 0 Å². The third-order valence-electron chi connectivity index (χ3n) is 12.9. The SMILES string of the molecule is CC(C[C@@H](C)[C@H]1CC[C@H]2[C@@H]3CCC4C[C@H](O)CC[C@]4(C)[C@H]3C[C@H](O)[C@]12C)[N+]1(C)CCCC1. The molecule has 5 fully saturated rings. The lowest BCUT2D eigenvalue weighted by Gasteiger charge is -2.62. The lowest BCUT2D eigenvalue weighted by Crippen LogP contribution is -2.59. The van der Waals surface area contributed by atoms with Crippen LogP contribution < -0.4 is 0 Å². The summed E-state index contributed by atoms with van der Waals surface area (Å²) < 4.78 is 1.27. The number of rotatable bonds is 4. The van der Waals surface area contributed by atoms with E-state index in [2.05, 4.69) is 34.7 Å². The number of aliphatic hydroxyl groups excluding tert-OH is 2. The van der Waals surface area contributed by atoms with E-state index in [0.717, 1.165) is 31.2 Å². The van der Waals surface area contributed by atoms with Crippen LogP contribution in [0.2, 0.25) is 0 Å². The van der Waals surface area contributed by atoms with Crippen molar-refractivity contribution in [2.24, 2.45) is 46.3 Å². The molecule has 0 amide bonds. The zero-order valence-electron chi connectivity index (χ0n) is 21.7. The van der Waals surface area contributed by atoms with Crippen molar-refractivity contribution in [2.75, 3.05) is 20.1 Å². The van der Waals surface area contributed by atoms with Crippen LogP contribution in [-0.2, 0) is 0 Å². The molecule has 4 saturated carbocycles. The number of nitrogens with zero attached hydrogens (tertiary/aromatic N) is 1. The summed E-state index contributed by atoms with van der Waals surface area (Å²) in [6, 6.07) is 0.742. The van der Waals surface area contributed by atoms with Gasteiger partial charge in [-0.2, -0.15) is 0 Å². The summed E-state index contributed by atoms with van der Waals surface area (Å²) in [5.41, 5.74) is 0.457. The number of hydrogen-bond donors (Lipinski definition) is 2. The maximum Gasteiger partial charge on any atom is 0.0862 e. The van der Waals surface area contributed by atoms with Crippen molar-refractivity contribution in [3.05, 3.63) is 0 Å². The molecule has 184 valence electrons. The van der Waals surface area contributed by atoms with Crippen molar-refractivity contribution >= 4 is 0 Å². The van der Waals surface area contributed by atoms with Crippen LogP contribution in [0.5, 0.6) is 0 Å². The van der Waals surface area contributed by atoms with Crippen molar-refractivity contribution in [3.63, 3.8) is 0 Å². The third kappa shape index (κ3) is 3.46. The van der Waals surface area contributed by atoms with Crippen LogP contribution in [0, 0.1) is 46.3 Å². The van der Waals surface area contributed by atoms with E-state index in [9.17, 15) is 10.2 Å². The number of aliphatic hydroxyl groups is 2. The van der Waals surface area contributed by atoms with Crippen LogP contribution in [0.4, 0.5) is 0 Å². The molecule has 0 aromatic rings. The molecule has 2 N–H and O–H groups in total. The van der Waals surface area contributed by atoms with Gasteiger partial charge in [0, 0.05) is 19.3 Å². The van der Waals surface area contributed by atoms with E-state index in [-0.39, 0.29) is 17.6 Å². The normalized spacial score (nSPS) is 52.0. The van der Waals surface area contributed by atoms with E-state index in [0.29, 0.717) is 35.0 Å². The predicted molar refractivity (Wildman–Crippen MR) is 131 cm³/mol. The average Bonchev–Trinajstić information content (AvgIpc) is 3.34. The Balaban J connectivity index is 1.34. The molecule has 11 atom stereocenters. The smallest absolute Gasteiger partial charge is 0.0862 e. The van der Waals surface area contributed by atoms with Crippen molar-refractivity contribution in [1.82, 2.24) is 0 Å². The van der Waals surface area contributed by atoms with Gasteiger partial charge in [-0.25, -0.2) is 0 Å². The minimum Gasteiger partial charge on any atom is -0.393 e. The van der Waals surface area contributed by atoms with Gasteiger partial charge in [-0.15, -0.1) is 0 Å². The highest BCUT2D eigenvalue weighted by molar-refractivity contribution is 5.12. The Bertz CT molecular complexity index is 689. The van der Waals surface area contributed by atoms with Gasteiger partial charge in [-0.1, -0.05) is 20.8 Å². The van der Waals surface area contributed by atoms with Gasteiger partial charge in [0.2, 0.25) is 0 Å². The number of hydrogen-bond acceptors (Lipinski definition) is 2. The van der Waals surface area contributed by atoms with E-state index in [1.165, 1.54) is 68.9 Å². The van der Waals surface area contributed by atoms with Gasteiger partial charge < -0.3 is 14.7 Å². The Kier molecular flexibility index (Phi) is 6.07. The zero-order valence-corrected chi connectivity index (χ0v) is 21.7. The van der Waals surface area contributed by atoms with Crippen molar-refractivity contribution < 1.29 is 14.7 Å². The monoisotopic (exact) mass is 446 g/mol. The fourth-order valence-corrected chi connectivity index (χ4v) is 10.6. The molecule has 5 aliphatic rings.